The molecule has 0 fully saturated rings. The second-order valence-corrected chi connectivity index (χ2v) is 8.90. The lowest BCUT2D eigenvalue weighted by molar-refractivity contribution is 0.480. The highest BCUT2D eigenvalue weighted by atomic mass is 16.1. The van der Waals surface area contributed by atoms with Gasteiger partial charge in [-0.3, -0.25) is 4.57 Å². The first-order valence-electron chi connectivity index (χ1n) is 11.3. The van der Waals surface area contributed by atoms with Crippen LogP contribution in [0.4, 0.5) is 5.69 Å². The molecule has 0 atom stereocenters. The first kappa shape index (κ1) is 20.7. The van der Waals surface area contributed by atoms with Gasteiger partial charge < -0.3 is 4.90 Å². The molecule has 4 rings (SSSR count). The third-order valence-electron chi connectivity index (χ3n) is 6.40. The number of rotatable bonds is 6. The Morgan fingerprint density at radius 3 is 2.20 bits per heavy atom. The van der Waals surface area contributed by atoms with Crippen molar-refractivity contribution in [3.05, 3.63) is 51.1 Å². The smallest absolute Gasteiger partial charge is 0.335 e. The van der Waals surface area contributed by atoms with Gasteiger partial charge in [0.25, 0.3) is 0 Å². The number of nitrogens with zero attached hydrogens (tertiary/aromatic N) is 4. The predicted octanol–water partition coefficient (Wildman–Crippen LogP) is 5.21. The van der Waals surface area contributed by atoms with Crippen molar-refractivity contribution >= 4 is 16.9 Å². The summed E-state index contributed by atoms with van der Waals surface area (Å²) in [5, 5.41) is 0. The van der Waals surface area contributed by atoms with Gasteiger partial charge in [0, 0.05) is 24.8 Å². The summed E-state index contributed by atoms with van der Waals surface area (Å²) >= 11 is 0. The maximum Gasteiger partial charge on any atom is 0.335 e. The first-order chi connectivity index (χ1) is 14.4. The van der Waals surface area contributed by atoms with Gasteiger partial charge in [0.1, 0.15) is 5.52 Å². The van der Waals surface area contributed by atoms with E-state index in [9.17, 15) is 4.79 Å². The zero-order valence-electron chi connectivity index (χ0n) is 19.2. The molecule has 0 unspecified atom stereocenters. The molecule has 0 bridgehead atoms. The Morgan fingerprint density at radius 1 is 0.967 bits per heavy atom. The molecule has 5 nitrogen and oxygen atoms in total. The van der Waals surface area contributed by atoms with Crippen LogP contribution in [0.3, 0.4) is 0 Å². The van der Waals surface area contributed by atoms with Gasteiger partial charge >= 0.3 is 5.69 Å². The Balaban J connectivity index is 2.00. The average Bonchev–Trinajstić information content (AvgIpc) is 2.94. The zero-order chi connectivity index (χ0) is 21.6. The van der Waals surface area contributed by atoms with Crippen LogP contribution < -0.4 is 10.6 Å². The topological polar surface area (TPSA) is 43.1 Å². The molecule has 0 amide bonds. The lowest BCUT2D eigenvalue weighted by atomic mass is 10.0. The number of aryl methyl sites for hydroxylation is 4. The van der Waals surface area contributed by atoms with Crippen molar-refractivity contribution in [2.24, 2.45) is 0 Å². The van der Waals surface area contributed by atoms with Crippen LogP contribution in [0.25, 0.3) is 16.9 Å². The summed E-state index contributed by atoms with van der Waals surface area (Å²) in [6, 6.07) is 6.99. The molecule has 0 saturated carbocycles. The van der Waals surface area contributed by atoms with Gasteiger partial charge in [0.15, 0.2) is 5.65 Å². The molecule has 30 heavy (non-hydrogen) atoms. The quantitative estimate of drug-likeness (QED) is 0.564. The van der Waals surface area contributed by atoms with Crippen molar-refractivity contribution in [3.8, 4) is 5.69 Å². The predicted molar refractivity (Wildman–Crippen MR) is 125 cm³/mol. The van der Waals surface area contributed by atoms with Crippen LogP contribution in [0, 0.1) is 27.7 Å². The van der Waals surface area contributed by atoms with E-state index in [1.165, 1.54) is 36.9 Å². The Bertz CT molecular complexity index is 1130. The third-order valence-corrected chi connectivity index (χ3v) is 6.40. The number of aromatic nitrogens is 3. The summed E-state index contributed by atoms with van der Waals surface area (Å²) in [6.07, 6.45) is 4.70. The minimum atomic E-state index is 0.0292. The number of hydrogen-bond donors (Lipinski definition) is 0. The Labute approximate surface area is 179 Å². The molecule has 0 saturated heterocycles. The van der Waals surface area contributed by atoms with Gasteiger partial charge in [-0.15, -0.1) is 0 Å². The van der Waals surface area contributed by atoms with Crippen LogP contribution in [-0.4, -0.2) is 26.7 Å². The summed E-state index contributed by atoms with van der Waals surface area (Å²) in [7, 11) is 0. The Morgan fingerprint density at radius 2 is 1.60 bits per heavy atom. The molecule has 0 spiro atoms. The van der Waals surface area contributed by atoms with E-state index >= 15 is 0 Å². The van der Waals surface area contributed by atoms with Crippen molar-refractivity contribution in [1.29, 1.82) is 0 Å². The van der Waals surface area contributed by atoms with E-state index in [1.54, 1.807) is 0 Å². The fourth-order valence-electron chi connectivity index (χ4n) is 5.34. The summed E-state index contributed by atoms with van der Waals surface area (Å²) in [6.45, 7) is 14.4. The van der Waals surface area contributed by atoms with E-state index in [4.69, 9.17) is 4.98 Å². The second kappa shape index (κ2) is 7.93. The van der Waals surface area contributed by atoms with Crippen molar-refractivity contribution in [3.63, 3.8) is 0 Å². The van der Waals surface area contributed by atoms with Crippen LogP contribution in [0.2, 0.25) is 0 Å². The van der Waals surface area contributed by atoms with E-state index in [0.717, 1.165) is 40.2 Å². The van der Waals surface area contributed by atoms with E-state index in [0.29, 0.717) is 12.6 Å². The van der Waals surface area contributed by atoms with E-state index in [-0.39, 0.29) is 5.69 Å². The highest BCUT2D eigenvalue weighted by Gasteiger charge is 2.30. The highest BCUT2D eigenvalue weighted by Crippen LogP contribution is 2.35. The molecule has 1 aliphatic heterocycles. The number of imidazole rings is 1. The van der Waals surface area contributed by atoms with E-state index < -0.39 is 0 Å². The SMILES string of the molecule is CCCC(CCC)N1CCn2c(=O)n(-c3c(C)cc(C)cc3C)c3nc(C)cc1c32. The zero-order valence-corrected chi connectivity index (χ0v) is 19.2. The molecule has 1 aromatic carbocycles. The molecule has 0 aliphatic carbocycles. The van der Waals surface area contributed by atoms with Crippen molar-refractivity contribution in [2.75, 3.05) is 11.4 Å². The molecule has 3 heterocycles. The molecule has 0 N–H and O–H groups in total. The van der Waals surface area contributed by atoms with Gasteiger partial charge in [-0.2, -0.15) is 0 Å². The maximum absolute atomic E-state index is 13.6. The van der Waals surface area contributed by atoms with Crippen molar-refractivity contribution in [2.45, 2.75) is 79.8 Å². The fourth-order valence-corrected chi connectivity index (χ4v) is 5.34. The lowest BCUT2D eigenvalue weighted by Gasteiger charge is -2.37. The summed E-state index contributed by atoms with van der Waals surface area (Å²) < 4.78 is 3.80. The normalized spacial score (nSPS) is 13.6. The van der Waals surface area contributed by atoms with Gasteiger partial charge in [-0.05, 0) is 57.7 Å². The minimum absolute atomic E-state index is 0.0292. The molecule has 3 aromatic rings. The second-order valence-electron chi connectivity index (χ2n) is 8.90. The largest absolute Gasteiger partial charge is 0.365 e. The number of anilines is 1. The summed E-state index contributed by atoms with van der Waals surface area (Å²) in [5.74, 6) is 0. The Hall–Kier alpha value is -2.56. The van der Waals surface area contributed by atoms with Gasteiger partial charge in [-0.1, -0.05) is 44.4 Å². The molecule has 0 radical (unpaired) electrons. The third kappa shape index (κ3) is 3.24. The first-order valence-corrected chi connectivity index (χ1v) is 11.3. The van der Waals surface area contributed by atoms with Crippen LogP contribution in [0.5, 0.6) is 0 Å². The van der Waals surface area contributed by atoms with Crippen molar-refractivity contribution < 1.29 is 0 Å². The molecular weight excluding hydrogens is 372 g/mol. The minimum Gasteiger partial charge on any atom is -0.365 e. The monoisotopic (exact) mass is 406 g/mol. The maximum atomic E-state index is 13.6. The fraction of sp³-hybridized carbons (Fsp3) is 0.520. The van der Waals surface area contributed by atoms with Crippen LogP contribution in [-0.2, 0) is 6.54 Å². The van der Waals surface area contributed by atoms with Gasteiger partial charge in [0.2, 0.25) is 0 Å². The number of pyridine rings is 1. The summed E-state index contributed by atoms with van der Waals surface area (Å²) in [4.78, 5) is 21.0. The molecule has 2 aromatic heterocycles. The lowest BCUT2D eigenvalue weighted by Crippen LogP contribution is -2.42. The van der Waals surface area contributed by atoms with Crippen LogP contribution >= 0.6 is 0 Å². The van der Waals surface area contributed by atoms with Crippen LogP contribution in [0.1, 0.15) is 61.9 Å². The molecular formula is C25H34N4O. The number of hydrogen-bond acceptors (Lipinski definition) is 3. The van der Waals surface area contributed by atoms with Gasteiger partial charge in [-0.25, -0.2) is 14.3 Å². The molecule has 5 heteroatoms. The average molecular weight is 407 g/mol. The summed E-state index contributed by atoms with van der Waals surface area (Å²) in [5.41, 5.74) is 8.38. The van der Waals surface area contributed by atoms with Crippen LogP contribution in [0.15, 0.2) is 23.0 Å². The number of benzene rings is 1. The highest BCUT2D eigenvalue weighted by molar-refractivity contribution is 5.89. The van der Waals surface area contributed by atoms with Gasteiger partial charge in [0.05, 0.1) is 11.4 Å². The van der Waals surface area contributed by atoms with E-state index in [2.05, 4.69) is 57.7 Å². The standard InChI is InChI=1S/C25H34N4O/c1-7-9-20(10-8-2)27-11-12-28-23-21(27)15-19(6)26-24(23)29(25(28)30)22-17(4)13-16(3)14-18(22)5/h13-15,20H,7-12H2,1-6H3. The van der Waals surface area contributed by atoms with E-state index in [1.807, 2.05) is 16.1 Å². The van der Waals surface area contributed by atoms with Crippen molar-refractivity contribution in [1.82, 2.24) is 14.1 Å². The molecule has 160 valence electrons. The molecule has 1 aliphatic rings. The Kier molecular flexibility index (Phi) is 5.48.